The summed E-state index contributed by atoms with van der Waals surface area (Å²) in [5, 5.41) is 8.08. The average Bonchev–Trinajstić information content (AvgIpc) is 3.36. The van der Waals surface area contributed by atoms with Crippen molar-refractivity contribution in [3.63, 3.8) is 0 Å². The predicted octanol–water partition coefficient (Wildman–Crippen LogP) is 4.42. The van der Waals surface area contributed by atoms with Crippen molar-refractivity contribution in [2.75, 3.05) is 6.54 Å². The second kappa shape index (κ2) is 6.78. The first-order chi connectivity index (χ1) is 13.7. The standard InChI is InChI=1S/C22H21FN4O/c23-15-6-4-14(5-7-15)11-16-3-1-2-10-27(16)22(28)21-12-17-18-13-24-26-20(18)9-8-19(17)25-21/h4-9,12-13,16,24,26H,1-3,10-11H2. The summed E-state index contributed by atoms with van der Waals surface area (Å²) < 4.78 is 13.2. The fourth-order valence-corrected chi connectivity index (χ4v) is 4.25. The molecule has 0 saturated carbocycles. The molecule has 1 unspecified atom stereocenters. The molecule has 1 atom stereocenters. The summed E-state index contributed by atoms with van der Waals surface area (Å²) >= 11 is 0. The number of halogens is 1. The predicted molar refractivity (Wildman–Crippen MR) is 107 cm³/mol. The molecular formula is C22H21FN4O. The molecule has 6 heteroatoms. The molecule has 0 spiro atoms. The zero-order chi connectivity index (χ0) is 19.1. The van der Waals surface area contributed by atoms with Gasteiger partial charge in [-0.25, -0.2) is 9.37 Å². The number of nitrogens with one attached hydrogen (secondary N) is 2. The maximum absolute atomic E-state index is 13.3. The summed E-state index contributed by atoms with van der Waals surface area (Å²) in [6.07, 6.45) is 5.70. The lowest BCUT2D eigenvalue weighted by Gasteiger charge is -2.35. The Bertz CT molecular complexity index is 1140. The highest BCUT2D eigenvalue weighted by atomic mass is 19.1. The summed E-state index contributed by atoms with van der Waals surface area (Å²) in [5.41, 5.74) is 3.37. The average molecular weight is 376 g/mol. The number of H-pyrrole nitrogens is 2. The fraction of sp³-hybridized carbons (Fsp3) is 0.273. The molecule has 1 fully saturated rings. The van der Waals surface area contributed by atoms with Crippen molar-refractivity contribution in [3.8, 4) is 0 Å². The highest BCUT2D eigenvalue weighted by Crippen LogP contribution is 2.27. The Hall–Kier alpha value is -3.15. The van der Waals surface area contributed by atoms with Crippen LogP contribution in [-0.4, -0.2) is 38.6 Å². The van der Waals surface area contributed by atoms with E-state index in [0.29, 0.717) is 5.69 Å². The number of benzene rings is 2. The number of carbonyl (C=O) groups excluding carboxylic acids is 1. The van der Waals surface area contributed by atoms with Crippen molar-refractivity contribution in [1.29, 1.82) is 0 Å². The number of aromatic nitrogens is 3. The fourth-order valence-electron chi connectivity index (χ4n) is 4.25. The van der Waals surface area contributed by atoms with Crippen molar-refractivity contribution in [3.05, 3.63) is 65.7 Å². The summed E-state index contributed by atoms with van der Waals surface area (Å²) in [7, 11) is 0. The Balaban J connectivity index is 1.45. The van der Waals surface area contributed by atoms with E-state index in [1.54, 1.807) is 12.1 Å². The molecule has 1 aliphatic rings. The van der Waals surface area contributed by atoms with Gasteiger partial charge in [-0.2, -0.15) is 0 Å². The number of nitrogens with zero attached hydrogens (tertiary/aromatic N) is 2. The summed E-state index contributed by atoms with van der Waals surface area (Å²) in [4.78, 5) is 19.8. The number of carbonyl (C=O) groups is 1. The van der Waals surface area contributed by atoms with E-state index in [-0.39, 0.29) is 17.8 Å². The third-order valence-electron chi connectivity index (χ3n) is 5.70. The van der Waals surface area contributed by atoms with Gasteiger partial charge in [0.1, 0.15) is 11.5 Å². The lowest BCUT2D eigenvalue weighted by atomic mass is 9.95. The van der Waals surface area contributed by atoms with E-state index in [1.807, 2.05) is 29.3 Å². The normalized spacial score (nSPS) is 17.5. The molecule has 0 radical (unpaired) electrons. The first-order valence-corrected chi connectivity index (χ1v) is 9.70. The largest absolute Gasteiger partial charge is 0.334 e. The van der Waals surface area contributed by atoms with Crippen LogP contribution in [0.15, 0.2) is 48.7 Å². The minimum atomic E-state index is -0.235. The molecule has 4 aromatic rings. The van der Waals surface area contributed by atoms with Crippen LogP contribution in [0.4, 0.5) is 4.39 Å². The van der Waals surface area contributed by atoms with Gasteiger partial charge in [-0.1, -0.05) is 12.1 Å². The smallest absolute Gasteiger partial charge is 0.272 e. The Labute approximate surface area is 161 Å². The molecule has 0 bridgehead atoms. The van der Waals surface area contributed by atoms with E-state index >= 15 is 0 Å². The van der Waals surface area contributed by atoms with E-state index in [9.17, 15) is 9.18 Å². The molecule has 2 aromatic carbocycles. The van der Waals surface area contributed by atoms with Gasteiger partial charge in [0, 0.05) is 29.6 Å². The molecular weight excluding hydrogens is 355 g/mol. The van der Waals surface area contributed by atoms with Crippen LogP contribution in [0.1, 0.15) is 35.3 Å². The van der Waals surface area contributed by atoms with Gasteiger partial charge in [0.15, 0.2) is 0 Å². The van der Waals surface area contributed by atoms with Gasteiger partial charge in [0.2, 0.25) is 0 Å². The van der Waals surface area contributed by atoms with E-state index in [1.165, 1.54) is 12.1 Å². The maximum Gasteiger partial charge on any atom is 0.272 e. The second-order valence-corrected chi connectivity index (χ2v) is 7.49. The van der Waals surface area contributed by atoms with Gasteiger partial charge >= 0.3 is 0 Å². The number of amides is 1. The Morgan fingerprint density at radius 3 is 2.86 bits per heavy atom. The van der Waals surface area contributed by atoms with E-state index in [4.69, 9.17) is 0 Å². The highest BCUT2D eigenvalue weighted by Gasteiger charge is 2.29. The van der Waals surface area contributed by atoms with Crippen LogP contribution in [0.2, 0.25) is 0 Å². The monoisotopic (exact) mass is 376 g/mol. The maximum atomic E-state index is 13.3. The minimum absolute atomic E-state index is 0.0179. The van der Waals surface area contributed by atoms with Crippen LogP contribution in [0.5, 0.6) is 0 Å². The number of rotatable bonds is 3. The molecule has 5 nitrogen and oxygen atoms in total. The molecule has 1 aliphatic heterocycles. The first kappa shape index (κ1) is 17.0. The lowest BCUT2D eigenvalue weighted by molar-refractivity contribution is 0.0608. The number of likely N-dealkylation sites (tertiary alicyclic amines) is 1. The zero-order valence-electron chi connectivity index (χ0n) is 15.4. The Morgan fingerprint density at radius 2 is 2.00 bits per heavy atom. The molecule has 5 rings (SSSR count). The van der Waals surface area contributed by atoms with Gasteiger partial charge in [0.05, 0.1) is 11.0 Å². The quantitative estimate of drug-likeness (QED) is 0.556. The molecule has 28 heavy (non-hydrogen) atoms. The molecule has 2 N–H and O–H groups in total. The van der Waals surface area contributed by atoms with Gasteiger partial charge in [0.25, 0.3) is 5.91 Å². The topological polar surface area (TPSA) is 64.8 Å². The summed E-state index contributed by atoms with van der Waals surface area (Å²) in [6, 6.07) is 12.5. The van der Waals surface area contributed by atoms with Crippen LogP contribution in [0, 0.1) is 5.82 Å². The first-order valence-electron chi connectivity index (χ1n) is 9.70. The highest BCUT2D eigenvalue weighted by molar-refractivity contribution is 6.08. The van der Waals surface area contributed by atoms with Crippen molar-refractivity contribution in [1.82, 2.24) is 20.1 Å². The van der Waals surface area contributed by atoms with Crippen LogP contribution in [0.3, 0.4) is 0 Å². The summed E-state index contributed by atoms with van der Waals surface area (Å²) in [6.45, 7) is 0.737. The second-order valence-electron chi connectivity index (χ2n) is 7.49. The van der Waals surface area contributed by atoms with Crippen LogP contribution < -0.4 is 0 Å². The van der Waals surface area contributed by atoms with E-state index in [2.05, 4.69) is 15.2 Å². The molecule has 1 amide bonds. The molecule has 2 aromatic heterocycles. The number of hydrogen-bond donors (Lipinski definition) is 2. The van der Waals surface area contributed by atoms with Crippen molar-refractivity contribution in [2.45, 2.75) is 31.7 Å². The van der Waals surface area contributed by atoms with Crippen LogP contribution >= 0.6 is 0 Å². The SMILES string of the molecule is O=C(c1cc2c(ccc3[nH][nH]cc32)n1)N1CCCCC1Cc1ccc(F)cc1. The molecule has 1 saturated heterocycles. The third-order valence-corrected chi connectivity index (χ3v) is 5.70. The van der Waals surface area contributed by atoms with Gasteiger partial charge < -0.3 is 15.1 Å². The van der Waals surface area contributed by atoms with E-state index < -0.39 is 0 Å². The van der Waals surface area contributed by atoms with Gasteiger partial charge in [-0.3, -0.25) is 4.79 Å². The summed E-state index contributed by atoms with van der Waals surface area (Å²) in [5.74, 6) is -0.253. The number of fused-ring (bicyclic) bond motifs is 3. The number of aromatic amines is 2. The van der Waals surface area contributed by atoms with Crippen LogP contribution in [0.25, 0.3) is 21.8 Å². The van der Waals surface area contributed by atoms with Crippen LogP contribution in [-0.2, 0) is 6.42 Å². The third kappa shape index (κ3) is 2.95. The number of piperidine rings is 1. The molecule has 142 valence electrons. The molecule has 3 heterocycles. The molecule has 0 aliphatic carbocycles. The Kier molecular flexibility index (Phi) is 4.11. The van der Waals surface area contributed by atoms with Crippen molar-refractivity contribution in [2.24, 2.45) is 0 Å². The van der Waals surface area contributed by atoms with Gasteiger partial charge in [-0.15, -0.1) is 0 Å². The lowest BCUT2D eigenvalue weighted by Crippen LogP contribution is -2.45. The van der Waals surface area contributed by atoms with E-state index in [0.717, 1.165) is 59.6 Å². The zero-order valence-corrected chi connectivity index (χ0v) is 15.4. The Morgan fingerprint density at radius 1 is 1.14 bits per heavy atom. The number of hydrogen-bond acceptors (Lipinski definition) is 2. The van der Waals surface area contributed by atoms with Crippen molar-refractivity contribution >= 4 is 27.7 Å². The van der Waals surface area contributed by atoms with Crippen molar-refractivity contribution < 1.29 is 9.18 Å². The minimum Gasteiger partial charge on any atom is -0.334 e. The van der Waals surface area contributed by atoms with Gasteiger partial charge in [-0.05, 0) is 61.6 Å².